The van der Waals surface area contributed by atoms with Gasteiger partial charge in [-0.15, -0.1) is 0 Å². The van der Waals surface area contributed by atoms with Crippen molar-refractivity contribution in [3.8, 4) is 0 Å². The number of halogens is 2. The molecule has 0 saturated carbocycles. The number of hydrogen-bond acceptors (Lipinski definition) is 3. The Morgan fingerprint density at radius 3 is 2.58 bits per heavy atom. The highest BCUT2D eigenvalue weighted by molar-refractivity contribution is 5.95. The van der Waals surface area contributed by atoms with E-state index in [0.717, 1.165) is 25.5 Å². The van der Waals surface area contributed by atoms with Crippen molar-refractivity contribution < 1.29 is 13.6 Å². The van der Waals surface area contributed by atoms with Gasteiger partial charge in [-0.3, -0.25) is 4.79 Å². The first-order valence-corrected chi connectivity index (χ1v) is 6.09. The summed E-state index contributed by atoms with van der Waals surface area (Å²) in [5.74, 6) is -2.34. The molecule has 6 heteroatoms. The Morgan fingerprint density at radius 2 is 1.95 bits per heavy atom. The molecule has 0 aliphatic carbocycles. The maximum atomic E-state index is 13.4. The van der Waals surface area contributed by atoms with Crippen LogP contribution in [0.4, 0.5) is 14.5 Å². The van der Waals surface area contributed by atoms with Gasteiger partial charge in [-0.2, -0.15) is 0 Å². The molecule has 0 saturated heterocycles. The number of carbonyl (C=O) groups excluding carboxylic acids is 1. The summed E-state index contributed by atoms with van der Waals surface area (Å²) in [6.45, 7) is 1.37. The summed E-state index contributed by atoms with van der Waals surface area (Å²) in [6.07, 6.45) is 1.73. The van der Waals surface area contributed by atoms with Gasteiger partial charge in [0.05, 0.1) is 11.3 Å². The van der Waals surface area contributed by atoms with E-state index in [1.165, 1.54) is 0 Å². The number of nitrogens with one attached hydrogen (secondary N) is 1. The topological polar surface area (TPSA) is 58.4 Å². The first-order valence-electron chi connectivity index (χ1n) is 6.09. The van der Waals surface area contributed by atoms with E-state index >= 15 is 0 Å². The lowest BCUT2D eigenvalue weighted by atomic mass is 10.1. The van der Waals surface area contributed by atoms with E-state index in [9.17, 15) is 13.6 Å². The van der Waals surface area contributed by atoms with Crippen LogP contribution in [-0.2, 0) is 0 Å². The fourth-order valence-corrected chi connectivity index (χ4v) is 1.59. The minimum Gasteiger partial charge on any atom is -0.396 e. The SMILES string of the molecule is CN(C)CCCCNC(=O)c1cc(N)c(F)cc1F. The quantitative estimate of drug-likeness (QED) is 0.610. The third-order valence-corrected chi connectivity index (χ3v) is 2.65. The third kappa shape index (κ3) is 4.82. The molecule has 0 radical (unpaired) electrons. The second kappa shape index (κ2) is 7.04. The molecule has 4 nitrogen and oxygen atoms in total. The molecule has 0 spiro atoms. The highest BCUT2D eigenvalue weighted by Gasteiger charge is 2.14. The second-order valence-corrected chi connectivity index (χ2v) is 4.62. The van der Waals surface area contributed by atoms with Gasteiger partial charge >= 0.3 is 0 Å². The Labute approximate surface area is 111 Å². The smallest absolute Gasteiger partial charge is 0.254 e. The number of carbonyl (C=O) groups is 1. The van der Waals surface area contributed by atoms with Gasteiger partial charge in [0.25, 0.3) is 5.91 Å². The van der Waals surface area contributed by atoms with Crippen molar-refractivity contribution in [2.45, 2.75) is 12.8 Å². The Bertz CT molecular complexity index is 450. The highest BCUT2D eigenvalue weighted by Crippen LogP contribution is 2.16. The molecule has 19 heavy (non-hydrogen) atoms. The molecule has 0 aliphatic rings. The number of amides is 1. The molecule has 0 bridgehead atoms. The summed E-state index contributed by atoms with van der Waals surface area (Å²) >= 11 is 0. The van der Waals surface area contributed by atoms with Gasteiger partial charge in [0.15, 0.2) is 0 Å². The summed E-state index contributed by atoms with van der Waals surface area (Å²) in [5.41, 5.74) is 4.84. The van der Waals surface area contributed by atoms with E-state index < -0.39 is 17.5 Å². The van der Waals surface area contributed by atoms with E-state index in [1.807, 2.05) is 19.0 Å². The standard InChI is InChI=1S/C13H19F2N3O/c1-18(2)6-4-3-5-17-13(19)9-7-12(16)11(15)8-10(9)14/h7-8H,3-6,16H2,1-2H3,(H,17,19). The predicted molar refractivity (Wildman–Crippen MR) is 70.9 cm³/mol. The largest absolute Gasteiger partial charge is 0.396 e. The van der Waals surface area contributed by atoms with Crippen molar-refractivity contribution >= 4 is 11.6 Å². The summed E-state index contributed by atoms with van der Waals surface area (Å²) in [6, 6.07) is 1.64. The average Bonchev–Trinajstić information content (AvgIpc) is 2.32. The number of anilines is 1. The molecule has 1 amide bonds. The molecule has 0 aromatic heterocycles. The van der Waals surface area contributed by atoms with E-state index in [2.05, 4.69) is 5.32 Å². The van der Waals surface area contributed by atoms with E-state index in [4.69, 9.17) is 5.73 Å². The van der Waals surface area contributed by atoms with Crippen LogP contribution < -0.4 is 11.1 Å². The summed E-state index contributed by atoms with van der Waals surface area (Å²) in [5, 5.41) is 2.58. The molecule has 3 N–H and O–H groups in total. The van der Waals surface area contributed by atoms with Gasteiger partial charge in [-0.05, 0) is 39.5 Å². The van der Waals surface area contributed by atoms with Gasteiger partial charge in [-0.25, -0.2) is 8.78 Å². The van der Waals surface area contributed by atoms with E-state index in [-0.39, 0.29) is 11.3 Å². The van der Waals surface area contributed by atoms with Crippen molar-refractivity contribution in [1.29, 1.82) is 0 Å². The van der Waals surface area contributed by atoms with Crippen LogP contribution in [0.15, 0.2) is 12.1 Å². The van der Waals surface area contributed by atoms with E-state index in [1.54, 1.807) is 0 Å². The molecule has 106 valence electrons. The molecular formula is C13H19F2N3O. The van der Waals surface area contributed by atoms with Crippen molar-refractivity contribution in [2.24, 2.45) is 0 Å². The lowest BCUT2D eigenvalue weighted by molar-refractivity contribution is 0.0948. The Morgan fingerprint density at radius 1 is 1.26 bits per heavy atom. The van der Waals surface area contributed by atoms with Crippen LogP contribution in [0.25, 0.3) is 0 Å². The lowest BCUT2D eigenvalue weighted by Gasteiger charge is -2.10. The molecule has 1 rings (SSSR count). The molecule has 1 aromatic carbocycles. The molecule has 0 heterocycles. The number of nitrogens with zero attached hydrogens (tertiary/aromatic N) is 1. The summed E-state index contributed by atoms with van der Waals surface area (Å²) in [4.78, 5) is 13.7. The number of unbranched alkanes of at least 4 members (excludes halogenated alkanes) is 1. The van der Waals surface area contributed by atoms with Crippen molar-refractivity contribution in [1.82, 2.24) is 10.2 Å². The van der Waals surface area contributed by atoms with Crippen LogP contribution in [0, 0.1) is 11.6 Å². The molecule has 1 aromatic rings. The van der Waals surface area contributed by atoms with Crippen LogP contribution in [0.5, 0.6) is 0 Å². The van der Waals surface area contributed by atoms with E-state index in [0.29, 0.717) is 12.6 Å². The van der Waals surface area contributed by atoms with Crippen molar-refractivity contribution in [3.63, 3.8) is 0 Å². The zero-order chi connectivity index (χ0) is 14.4. The number of nitrogen functional groups attached to an aromatic ring is 1. The zero-order valence-electron chi connectivity index (χ0n) is 11.2. The molecule has 0 atom stereocenters. The van der Waals surface area contributed by atoms with Gasteiger partial charge in [0.1, 0.15) is 11.6 Å². The van der Waals surface area contributed by atoms with Gasteiger partial charge < -0.3 is 16.0 Å². The van der Waals surface area contributed by atoms with Gasteiger partial charge in [-0.1, -0.05) is 0 Å². The Kier molecular flexibility index (Phi) is 5.69. The minimum absolute atomic E-state index is 0.230. The first kappa shape index (κ1) is 15.4. The monoisotopic (exact) mass is 271 g/mol. The molecule has 0 fully saturated rings. The summed E-state index contributed by atoms with van der Waals surface area (Å²) in [7, 11) is 3.94. The minimum atomic E-state index is -0.905. The fraction of sp³-hybridized carbons (Fsp3) is 0.462. The van der Waals surface area contributed by atoms with Crippen molar-refractivity contribution in [2.75, 3.05) is 32.9 Å². The van der Waals surface area contributed by atoms with Crippen LogP contribution in [-0.4, -0.2) is 38.0 Å². The number of rotatable bonds is 6. The molecule has 0 unspecified atom stereocenters. The van der Waals surface area contributed by atoms with Crippen LogP contribution in [0.1, 0.15) is 23.2 Å². The first-order chi connectivity index (χ1) is 8.91. The normalized spacial score (nSPS) is 10.8. The lowest BCUT2D eigenvalue weighted by Crippen LogP contribution is -2.26. The summed E-state index contributed by atoms with van der Waals surface area (Å²) < 4.78 is 26.3. The van der Waals surface area contributed by atoms with Crippen LogP contribution in [0.3, 0.4) is 0 Å². The Balaban J connectivity index is 2.48. The number of hydrogen-bond donors (Lipinski definition) is 2. The zero-order valence-corrected chi connectivity index (χ0v) is 11.2. The average molecular weight is 271 g/mol. The number of nitrogens with two attached hydrogens (primary N) is 1. The predicted octanol–water partition coefficient (Wildman–Crippen LogP) is 1.62. The van der Waals surface area contributed by atoms with Crippen LogP contribution in [0.2, 0.25) is 0 Å². The maximum Gasteiger partial charge on any atom is 0.254 e. The van der Waals surface area contributed by atoms with Gasteiger partial charge in [0.2, 0.25) is 0 Å². The number of benzene rings is 1. The third-order valence-electron chi connectivity index (χ3n) is 2.65. The highest BCUT2D eigenvalue weighted by atomic mass is 19.1. The Hall–Kier alpha value is -1.69. The molecule has 0 aliphatic heterocycles. The van der Waals surface area contributed by atoms with Gasteiger partial charge in [0, 0.05) is 12.6 Å². The fourth-order valence-electron chi connectivity index (χ4n) is 1.59. The van der Waals surface area contributed by atoms with Crippen molar-refractivity contribution in [3.05, 3.63) is 29.3 Å². The second-order valence-electron chi connectivity index (χ2n) is 4.62. The molecular weight excluding hydrogens is 252 g/mol. The maximum absolute atomic E-state index is 13.4. The van der Waals surface area contributed by atoms with Crippen LogP contribution >= 0.6 is 0 Å².